The lowest BCUT2D eigenvalue weighted by molar-refractivity contribution is -0.117. The van der Waals surface area contributed by atoms with Crippen molar-refractivity contribution >= 4 is 16.7 Å². The molecular formula is C22H21N3O3. The van der Waals surface area contributed by atoms with Gasteiger partial charge >= 0.3 is 0 Å². The van der Waals surface area contributed by atoms with Gasteiger partial charge in [0.25, 0.3) is 0 Å². The molecule has 2 heterocycles. The van der Waals surface area contributed by atoms with Crippen LogP contribution in [0.4, 0.5) is 0 Å². The van der Waals surface area contributed by atoms with Crippen LogP contribution in [0, 0.1) is 6.92 Å². The first-order chi connectivity index (χ1) is 13.6. The molecule has 4 aromatic rings. The van der Waals surface area contributed by atoms with E-state index in [4.69, 9.17) is 9.15 Å². The van der Waals surface area contributed by atoms with Gasteiger partial charge in [-0.1, -0.05) is 24.3 Å². The van der Waals surface area contributed by atoms with Gasteiger partial charge in [0.1, 0.15) is 11.5 Å². The summed E-state index contributed by atoms with van der Waals surface area (Å²) in [6.07, 6.45) is 2.49. The Hall–Kier alpha value is -3.41. The number of oxazole rings is 1. The zero-order valence-corrected chi connectivity index (χ0v) is 15.9. The number of Topliss-reactive ketones (excluding diaryl/α,β-unsaturated/α-hetero) is 1. The van der Waals surface area contributed by atoms with Crippen LogP contribution in [0.5, 0.6) is 5.75 Å². The number of ketones is 1. The van der Waals surface area contributed by atoms with E-state index in [1.165, 1.54) is 0 Å². The van der Waals surface area contributed by atoms with E-state index in [0.29, 0.717) is 18.9 Å². The van der Waals surface area contributed by atoms with Gasteiger partial charge in [0.15, 0.2) is 5.78 Å². The minimum Gasteiger partial charge on any atom is -0.492 e. The van der Waals surface area contributed by atoms with Crippen LogP contribution in [0.3, 0.4) is 0 Å². The molecule has 0 spiro atoms. The van der Waals surface area contributed by atoms with E-state index in [2.05, 4.69) is 10.1 Å². The van der Waals surface area contributed by atoms with Crippen molar-refractivity contribution < 1.29 is 13.9 Å². The third kappa shape index (κ3) is 3.81. The fraction of sp³-hybridized carbons (Fsp3) is 0.227. The molecule has 2 aromatic carbocycles. The number of fused-ring (bicyclic) bond motifs is 1. The van der Waals surface area contributed by atoms with Crippen LogP contribution in [0.25, 0.3) is 22.4 Å². The third-order valence-electron chi connectivity index (χ3n) is 4.45. The van der Waals surface area contributed by atoms with Gasteiger partial charge in [-0.05, 0) is 38.1 Å². The average molecular weight is 375 g/mol. The number of rotatable bonds is 7. The third-order valence-corrected chi connectivity index (χ3v) is 4.45. The lowest BCUT2D eigenvalue weighted by Gasteiger charge is -2.06. The van der Waals surface area contributed by atoms with Gasteiger partial charge in [0, 0.05) is 18.2 Å². The molecular weight excluding hydrogens is 354 g/mol. The van der Waals surface area contributed by atoms with Gasteiger partial charge < -0.3 is 9.15 Å². The van der Waals surface area contributed by atoms with E-state index in [9.17, 15) is 4.79 Å². The van der Waals surface area contributed by atoms with Crippen molar-refractivity contribution in [3.63, 3.8) is 0 Å². The molecule has 2 aromatic heterocycles. The molecule has 0 aliphatic rings. The Labute approximate surface area is 162 Å². The molecule has 0 aliphatic heterocycles. The molecule has 142 valence electrons. The van der Waals surface area contributed by atoms with E-state index < -0.39 is 0 Å². The number of nitrogens with zero attached hydrogens (tertiary/aromatic N) is 3. The Kier molecular flexibility index (Phi) is 4.93. The second-order valence-electron chi connectivity index (χ2n) is 6.70. The maximum Gasteiger partial charge on any atom is 0.226 e. The fourth-order valence-corrected chi connectivity index (χ4v) is 3.12. The summed E-state index contributed by atoms with van der Waals surface area (Å²) >= 11 is 0. The number of hydrogen-bond acceptors (Lipinski definition) is 5. The second-order valence-corrected chi connectivity index (χ2v) is 6.70. The molecule has 28 heavy (non-hydrogen) atoms. The van der Waals surface area contributed by atoms with Gasteiger partial charge in [-0.15, -0.1) is 0 Å². The predicted molar refractivity (Wildman–Crippen MR) is 106 cm³/mol. The van der Waals surface area contributed by atoms with Crippen molar-refractivity contribution in [1.82, 2.24) is 14.8 Å². The molecule has 0 N–H and O–H groups in total. The van der Waals surface area contributed by atoms with Crippen molar-refractivity contribution in [2.45, 2.75) is 26.8 Å². The second kappa shape index (κ2) is 7.68. The Balaban J connectivity index is 1.46. The van der Waals surface area contributed by atoms with E-state index in [1.54, 1.807) is 11.6 Å². The summed E-state index contributed by atoms with van der Waals surface area (Å²) in [6.45, 7) is 4.20. The van der Waals surface area contributed by atoms with E-state index in [-0.39, 0.29) is 12.3 Å². The van der Waals surface area contributed by atoms with Crippen molar-refractivity contribution in [3.05, 3.63) is 66.2 Å². The number of carbonyl (C=O) groups excluding carboxylic acids is 1. The van der Waals surface area contributed by atoms with Gasteiger partial charge in [-0.3, -0.25) is 9.48 Å². The minimum atomic E-state index is 0.0611. The summed E-state index contributed by atoms with van der Waals surface area (Å²) in [5.74, 6) is 2.23. The number of aryl methyl sites for hydroxylation is 1. The summed E-state index contributed by atoms with van der Waals surface area (Å²) in [4.78, 5) is 15.9. The maximum absolute atomic E-state index is 11.3. The quantitative estimate of drug-likeness (QED) is 0.484. The summed E-state index contributed by atoms with van der Waals surface area (Å²) in [7, 11) is 0. The lowest BCUT2D eigenvalue weighted by Crippen LogP contribution is -2.05. The summed E-state index contributed by atoms with van der Waals surface area (Å²) in [5.41, 5.74) is 2.65. The summed E-state index contributed by atoms with van der Waals surface area (Å²) in [5, 5.41) is 5.31. The molecule has 0 aliphatic carbocycles. The summed E-state index contributed by atoms with van der Waals surface area (Å²) in [6, 6.07) is 15.6. The van der Waals surface area contributed by atoms with Crippen LogP contribution in [0.2, 0.25) is 0 Å². The van der Waals surface area contributed by atoms with Crippen molar-refractivity contribution in [3.8, 4) is 17.2 Å². The summed E-state index contributed by atoms with van der Waals surface area (Å²) < 4.78 is 13.4. The first-order valence-corrected chi connectivity index (χ1v) is 9.20. The highest BCUT2D eigenvalue weighted by atomic mass is 16.5. The van der Waals surface area contributed by atoms with Crippen LogP contribution < -0.4 is 4.74 Å². The van der Waals surface area contributed by atoms with Crippen molar-refractivity contribution in [1.29, 1.82) is 0 Å². The molecule has 0 radical (unpaired) electrons. The first-order valence-electron chi connectivity index (χ1n) is 9.20. The van der Waals surface area contributed by atoms with Crippen molar-refractivity contribution in [2.24, 2.45) is 0 Å². The Morgan fingerprint density at radius 3 is 2.75 bits per heavy atom. The minimum absolute atomic E-state index is 0.0611. The fourth-order valence-electron chi connectivity index (χ4n) is 3.12. The zero-order valence-electron chi connectivity index (χ0n) is 15.9. The number of aromatic nitrogens is 3. The Morgan fingerprint density at radius 1 is 1.14 bits per heavy atom. The molecule has 4 rings (SSSR count). The SMILES string of the molecule is CC(=O)Cn1cc2c(OCCc3nc(-c4ccccc4)oc3C)cccc2n1. The number of ether oxygens (including phenoxy) is 1. The molecule has 6 heteroatoms. The molecule has 0 fully saturated rings. The zero-order chi connectivity index (χ0) is 19.5. The van der Waals surface area contributed by atoms with E-state index in [0.717, 1.165) is 33.7 Å². The monoisotopic (exact) mass is 375 g/mol. The number of benzene rings is 2. The average Bonchev–Trinajstić information content (AvgIpc) is 3.25. The smallest absolute Gasteiger partial charge is 0.226 e. The molecule has 0 atom stereocenters. The van der Waals surface area contributed by atoms with Gasteiger partial charge in [-0.2, -0.15) is 5.10 Å². The highest BCUT2D eigenvalue weighted by molar-refractivity contribution is 5.85. The highest BCUT2D eigenvalue weighted by Gasteiger charge is 2.12. The normalized spacial score (nSPS) is 11.1. The Morgan fingerprint density at radius 2 is 1.96 bits per heavy atom. The lowest BCUT2D eigenvalue weighted by atomic mass is 10.2. The van der Waals surface area contributed by atoms with Crippen LogP contribution >= 0.6 is 0 Å². The van der Waals surface area contributed by atoms with E-state index >= 15 is 0 Å². The Bertz CT molecular complexity index is 1110. The highest BCUT2D eigenvalue weighted by Crippen LogP contribution is 2.26. The molecule has 0 saturated heterocycles. The van der Waals surface area contributed by atoms with Crippen molar-refractivity contribution in [2.75, 3.05) is 6.61 Å². The number of carbonyl (C=O) groups is 1. The van der Waals surface area contributed by atoms with Crippen LogP contribution in [0.15, 0.2) is 59.1 Å². The number of hydrogen-bond donors (Lipinski definition) is 0. The molecule has 0 bridgehead atoms. The first kappa shape index (κ1) is 18.0. The standard InChI is InChI=1S/C22H21N3O3/c1-15(26)13-25-14-18-20(24-25)9-6-10-21(18)27-12-11-19-16(2)28-22(23-19)17-7-4-3-5-8-17/h3-10,14H,11-13H2,1-2H3. The molecule has 0 amide bonds. The van der Waals surface area contributed by atoms with Gasteiger partial charge in [0.05, 0.1) is 29.7 Å². The van der Waals surface area contributed by atoms with Crippen LogP contribution in [-0.2, 0) is 17.8 Å². The van der Waals surface area contributed by atoms with E-state index in [1.807, 2.05) is 61.7 Å². The van der Waals surface area contributed by atoms with Crippen LogP contribution in [-0.4, -0.2) is 27.2 Å². The van der Waals surface area contributed by atoms with Gasteiger partial charge in [0.2, 0.25) is 5.89 Å². The maximum atomic E-state index is 11.3. The largest absolute Gasteiger partial charge is 0.492 e. The van der Waals surface area contributed by atoms with Crippen LogP contribution in [0.1, 0.15) is 18.4 Å². The topological polar surface area (TPSA) is 70.2 Å². The molecule has 6 nitrogen and oxygen atoms in total. The molecule has 0 unspecified atom stereocenters. The van der Waals surface area contributed by atoms with Gasteiger partial charge in [-0.25, -0.2) is 4.98 Å². The predicted octanol–water partition coefficient (Wildman–Crippen LogP) is 4.21. The molecule has 0 saturated carbocycles.